The molecule has 0 N–H and O–H groups in total. The van der Waals surface area contributed by atoms with Gasteiger partial charge < -0.3 is 0 Å². The number of fused-ring (bicyclic) bond motifs is 1. The molecule has 1 aromatic heterocycles. The second-order valence-corrected chi connectivity index (χ2v) is 5.80. The van der Waals surface area contributed by atoms with Crippen molar-refractivity contribution < 1.29 is 0 Å². The highest BCUT2D eigenvalue weighted by molar-refractivity contribution is 9.10. The molecule has 0 atom stereocenters. The van der Waals surface area contributed by atoms with E-state index in [1.54, 1.807) is 0 Å². The molecule has 2 nitrogen and oxygen atoms in total. The average molecular weight is 350 g/mol. The summed E-state index contributed by atoms with van der Waals surface area (Å²) in [6.07, 6.45) is 0.980. The van der Waals surface area contributed by atoms with Crippen molar-refractivity contribution in [1.82, 2.24) is 9.55 Å². The van der Waals surface area contributed by atoms with E-state index in [0.29, 0.717) is 5.88 Å². The Morgan fingerprint density at radius 1 is 1.20 bits per heavy atom. The van der Waals surface area contributed by atoms with Crippen LogP contribution in [0.1, 0.15) is 18.3 Å². The number of para-hydroxylation sites is 1. The largest absolute Gasteiger partial charge is 0.295 e. The Morgan fingerprint density at radius 2 is 2.00 bits per heavy atom. The third-order valence-corrected chi connectivity index (χ3v) is 4.15. The number of hydrogen-bond acceptors (Lipinski definition) is 1. The summed E-state index contributed by atoms with van der Waals surface area (Å²) in [5.74, 6) is 1.27. The molecule has 0 aliphatic carbocycles. The van der Waals surface area contributed by atoms with Crippen LogP contribution in [-0.4, -0.2) is 9.55 Å². The SMILES string of the molecule is CCc1ccccc1-n1c(CCl)nc2cc(Br)ccc21. The van der Waals surface area contributed by atoms with E-state index in [-0.39, 0.29) is 0 Å². The molecular weight excluding hydrogens is 336 g/mol. The van der Waals surface area contributed by atoms with Crippen LogP contribution in [0.25, 0.3) is 16.7 Å². The fourth-order valence-electron chi connectivity index (χ4n) is 2.49. The van der Waals surface area contributed by atoms with E-state index < -0.39 is 0 Å². The third kappa shape index (κ3) is 2.25. The molecule has 3 aromatic rings. The van der Waals surface area contributed by atoms with Crippen molar-refractivity contribution in [2.45, 2.75) is 19.2 Å². The highest BCUT2D eigenvalue weighted by Crippen LogP contribution is 2.27. The lowest BCUT2D eigenvalue weighted by Crippen LogP contribution is -2.02. The molecule has 0 bridgehead atoms. The second kappa shape index (κ2) is 5.58. The zero-order valence-corrected chi connectivity index (χ0v) is 13.4. The van der Waals surface area contributed by atoms with E-state index in [1.807, 2.05) is 12.1 Å². The molecule has 0 amide bonds. The quantitative estimate of drug-likeness (QED) is 0.602. The molecule has 0 fully saturated rings. The van der Waals surface area contributed by atoms with Crippen molar-refractivity contribution in [1.29, 1.82) is 0 Å². The minimum Gasteiger partial charge on any atom is -0.295 e. The predicted octanol–water partition coefficient (Wildman–Crippen LogP) is 5.09. The first-order valence-corrected chi connectivity index (χ1v) is 7.88. The van der Waals surface area contributed by atoms with Crippen LogP contribution in [0.2, 0.25) is 0 Å². The number of nitrogens with zero attached hydrogens (tertiary/aromatic N) is 2. The van der Waals surface area contributed by atoms with Gasteiger partial charge in [0.1, 0.15) is 5.82 Å². The van der Waals surface area contributed by atoms with Gasteiger partial charge in [0.15, 0.2) is 0 Å². The van der Waals surface area contributed by atoms with E-state index in [9.17, 15) is 0 Å². The van der Waals surface area contributed by atoms with Gasteiger partial charge in [-0.05, 0) is 36.2 Å². The normalized spacial score (nSPS) is 11.2. The first-order valence-electron chi connectivity index (χ1n) is 6.55. The van der Waals surface area contributed by atoms with E-state index in [0.717, 1.165) is 33.4 Å². The average Bonchev–Trinajstić information content (AvgIpc) is 2.84. The van der Waals surface area contributed by atoms with Crippen molar-refractivity contribution >= 4 is 38.6 Å². The number of aromatic nitrogens is 2. The molecule has 3 rings (SSSR count). The zero-order chi connectivity index (χ0) is 14.1. The molecule has 0 spiro atoms. The molecule has 4 heteroatoms. The maximum Gasteiger partial charge on any atom is 0.129 e. The number of rotatable bonds is 3. The Hall–Kier alpha value is -1.32. The van der Waals surface area contributed by atoms with Gasteiger partial charge in [-0.25, -0.2) is 4.98 Å². The summed E-state index contributed by atoms with van der Waals surface area (Å²) >= 11 is 9.58. The van der Waals surface area contributed by atoms with Gasteiger partial charge in [0.25, 0.3) is 0 Å². The lowest BCUT2D eigenvalue weighted by atomic mass is 10.1. The summed E-state index contributed by atoms with van der Waals surface area (Å²) in [5, 5.41) is 0. The first kappa shape index (κ1) is 13.7. The van der Waals surface area contributed by atoms with E-state index in [4.69, 9.17) is 11.6 Å². The van der Waals surface area contributed by atoms with Crippen molar-refractivity contribution in [2.24, 2.45) is 0 Å². The Morgan fingerprint density at radius 3 is 2.75 bits per heavy atom. The van der Waals surface area contributed by atoms with Gasteiger partial charge in [-0.15, -0.1) is 11.6 Å². The van der Waals surface area contributed by atoms with E-state index >= 15 is 0 Å². The number of aryl methyl sites for hydroxylation is 1. The predicted molar refractivity (Wildman–Crippen MR) is 87.7 cm³/mol. The molecule has 0 saturated carbocycles. The Bertz CT molecular complexity index is 764. The van der Waals surface area contributed by atoms with Crippen molar-refractivity contribution in [2.75, 3.05) is 0 Å². The topological polar surface area (TPSA) is 17.8 Å². The molecule has 0 aliphatic heterocycles. The zero-order valence-electron chi connectivity index (χ0n) is 11.1. The molecule has 1 heterocycles. The molecule has 0 unspecified atom stereocenters. The summed E-state index contributed by atoms with van der Waals surface area (Å²) in [5.41, 5.74) is 4.50. The Labute approximate surface area is 131 Å². The number of benzene rings is 2. The van der Waals surface area contributed by atoms with Crippen molar-refractivity contribution in [3.63, 3.8) is 0 Å². The van der Waals surface area contributed by atoms with E-state index in [1.165, 1.54) is 5.56 Å². The van der Waals surface area contributed by atoms with Gasteiger partial charge in [-0.1, -0.05) is 41.1 Å². The van der Waals surface area contributed by atoms with Crippen LogP contribution >= 0.6 is 27.5 Å². The van der Waals surface area contributed by atoms with Gasteiger partial charge in [0.05, 0.1) is 22.6 Å². The molecular formula is C16H14BrClN2. The highest BCUT2D eigenvalue weighted by atomic mass is 79.9. The number of imidazole rings is 1. The van der Waals surface area contributed by atoms with Crippen LogP contribution in [0.5, 0.6) is 0 Å². The second-order valence-electron chi connectivity index (χ2n) is 4.61. The van der Waals surface area contributed by atoms with Crippen LogP contribution in [0.15, 0.2) is 46.9 Å². The monoisotopic (exact) mass is 348 g/mol. The lowest BCUT2D eigenvalue weighted by molar-refractivity contribution is 0.955. The van der Waals surface area contributed by atoms with Gasteiger partial charge >= 0.3 is 0 Å². The molecule has 2 aromatic carbocycles. The minimum atomic E-state index is 0.393. The minimum absolute atomic E-state index is 0.393. The van der Waals surface area contributed by atoms with Gasteiger partial charge in [-0.3, -0.25) is 4.57 Å². The molecule has 0 saturated heterocycles. The smallest absolute Gasteiger partial charge is 0.129 e. The van der Waals surface area contributed by atoms with Crippen LogP contribution in [0, 0.1) is 0 Å². The van der Waals surface area contributed by atoms with Crippen LogP contribution in [0.4, 0.5) is 0 Å². The number of halogens is 2. The fourth-order valence-corrected chi connectivity index (χ4v) is 3.02. The van der Waals surface area contributed by atoms with E-state index in [2.05, 4.69) is 62.7 Å². The highest BCUT2D eigenvalue weighted by Gasteiger charge is 2.13. The Balaban J connectivity index is 2.34. The van der Waals surface area contributed by atoms with Crippen molar-refractivity contribution in [3.05, 3.63) is 58.3 Å². The molecule has 20 heavy (non-hydrogen) atoms. The number of hydrogen-bond donors (Lipinski definition) is 0. The Kier molecular flexibility index (Phi) is 3.81. The van der Waals surface area contributed by atoms with Gasteiger partial charge in [0, 0.05) is 4.47 Å². The van der Waals surface area contributed by atoms with Gasteiger partial charge in [-0.2, -0.15) is 0 Å². The fraction of sp³-hybridized carbons (Fsp3) is 0.188. The van der Waals surface area contributed by atoms with Crippen LogP contribution < -0.4 is 0 Å². The van der Waals surface area contributed by atoms with Gasteiger partial charge in [0.2, 0.25) is 0 Å². The van der Waals surface area contributed by atoms with Crippen LogP contribution in [-0.2, 0) is 12.3 Å². The molecule has 0 aliphatic rings. The maximum atomic E-state index is 6.09. The van der Waals surface area contributed by atoms with Crippen molar-refractivity contribution in [3.8, 4) is 5.69 Å². The maximum absolute atomic E-state index is 6.09. The summed E-state index contributed by atoms with van der Waals surface area (Å²) < 4.78 is 3.19. The first-order chi connectivity index (χ1) is 9.74. The van der Waals surface area contributed by atoms with Crippen LogP contribution in [0.3, 0.4) is 0 Å². The molecule has 0 radical (unpaired) electrons. The summed E-state index contributed by atoms with van der Waals surface area (Å²) in [7, 11) is 0. The summed E-state index contributed by atoms with van der Waals surface area (Å²) in [4.78, 5) is 4.64. The lowest BCUT2D eigenvalue weighted by Gasteiger charge is -2.12. The summed E-state index contributed by atoms with van der Waals surface area (Å²) in [6, 6.07) is 14.5. The molecule has 102 valence electrons. The standard InChI is InChI=1S/C16H14BrClN2/c1-2-11-5-3-4-6-14(11)20-15-8-7-12(17)9-13(15)19-16(20)10-18/h3-9H,2,10H2,1H3. The summed E-state index contributed by atoms with van der Waals surface area (Å²) in [6.45, 7) is 2.16. The third-order valence-electron chi connectivity index (χ3n) is 3.42. The number of alkyl halides is 1.